The standard InChI is InChI=1S/C16H24N4O/c1-13-4-3-7-20(13)16(21)14-5-6-15(17-12-14)19-10-8-18(2)9-11-19/h5-6,12-13H,3-4,7-11H2,1-2H3. The Labute approximate surface area is 126 Å². The van der Waals surface area contributed by atoms with Crippen LogP contribution in [0.25, 0.3) is 0 Å². The predicted octanol–water partition coefficient (Wildman–Crippen LogP) is 1.46. The van der Waals surface area contributed by atoms with Crippen molar-refractivity contribution in [2.75, 3.05) is 44.7 Å². The molecule has 5 nitrogen and oxygen atoms in total. The van der Waals surface area contributed by atoms with Gasteiger partial charge in [-0.1, -0.05) is 0 Å². The Morgan fingerprint density at radius 1 is 1.19 bits per heavy atom. The lowest BCUT2D eigenvalue weighted by molar-refractivity contribution is 0.0747. The van der Waals surface area contributed by atoms with Crippen molar-refractivity contribution in [3.8, 4) is 0 Å². The van der Waals surface area contributed by atoms with E-state index in [1.165, 1.54) is 0 Å². The summed E-state index contributed by atoms with van der Waals surface area (Å²) < 4.78 is 0. The maximum absolute atomic E-state index is 12.5. The van der Waals surface area contributed by atoms with Crippen molar-refractivity contribution in [2.24, 2.45) is 0 Å². The van der Waals surface area contributed by atoms with E-state index in [1.807, 2.05) is 17.0 Å². The van der Waals surface area contributed by atoms with Crippen LogP contribution in [0.5, 0.6) is 0 Å². The first-order valence-electron chi connectivity index (χ1n) is 7.85. The summed E-state index contributed by atoms with van der Waals surface area (Å²) in [4.78, 5) is 23.5. The van der Waals surface area contributed by atoms with Crippen LogP contribution in [0.3, 0.4) is 0 Å². The van der Waals surface area contributed by atoms with Crippen LogP contribution in [0.1, 0.15) is 30.1 Å². The Balaban J connectivity index is 1.68. The highest BCUT2D eigenvalue weighted by Crippen LogP contribution is 2.20. The van der Waals surface area contributed by atoms with E-state index in [9.17, 15) is 4.79 Å². The van der Waals surface area contributed by atoms with Gasteiger partial charge in [0.15, 0.2) is 0 Å². The summed E-state index contributed by atoms with van der Waals surface area (Å²) >= 11 is 0. The molecule has 2 aliphatic rings. The number of likely N-dealkylation sites (tertiary alicyclic amines) is 1. The number of nitrogens with zero attached hydrogens (tertiary/aromatic N) is 4. The molecule has 0 bridgehead atoms. The smallest absolute Gasteiger partial charge is 0.255 e. The van der Waals surface area contributed by atoms with Crippen LogP contribution < -0.4 is 4.90 Å². The number of pyridine rings is 1. The highest BCUT2D eigenvalue weighted by Gasteiger charge is 2.26. The Morgan fingerprint density at radius 2 is 1.95 bits per heavy atom. The Hall–Kier alpha value is -1.62. The van der Waals surface area contributed by atoms with Crippen molar-refractivity contribution in [3.63, 3.8) is 0 Å². The van der Waals surface area contributed by atoms with Crippen LogP contribution in [0.4, 0.5) is 5.82 Å². The molecule has 114 valence electrons. The molecule has 1 aromatic rings. The van der Waals surface area contributed by atoms with Crippen LogP contribution in [-0.4, -0.2) is 66.5 Å². The number of hydrogen-bond donors (Lipinski definition) is 0. The number of amides is 1. The number of aromatic nitrogens is 1. The summed E-state index contributed by atoms with van der Waals surface area (Å²) in [6.07, 6.45) is 3.96. The van der Waals surface area contributed by atoms with E-state index in [1.54, 1.807) is 6.20 Å². The minimum Gasteiger partial charge on any atom is -0.354 e. The Kier molecular flexibility index (Phi) is 4.10. The third kappa shape index (κ3) is 3.02. The van der Waals surface area contributed by atoms with Gasteiger partial charge in [-0.2, -0.15) is 0 Å². The normalized spacial score (nSPS) is 23.6. The highest BCUT2D eigenvalue weighted by atomic mass is 16.2. The summed E-state index contributed by atoms with van der Waals surface area (Å²) in [6, 6.07) is 4.27. The van der Waals surface area contributed by atoms with Gasteiger partial charge in [-0.25, -0.2) is 4.98 Å². The van der Waals surface area contributed by atoms with Crippen molar-refractivity contribution in [1.82, 2.24) is 14.8 Å². The van der Waals surface area contributed by atoms with Crippen LogP contribution in [0.2, 0.25) is 0 Å². The van der Waals surface area contributed by atoms with Gasteiger partial charge in [0, 0.05) is 45.0 Å². The molecule has 2 aliphatic heterocycles. The first-order valence-corrected chi connectivity index (χ1v) is 7.85. The minimum absolute atomic E-state index is 0.123. The second kappa shape index (κ2) is 6.02. The van der Waals surface area contributed by atoms with Crippen LogP contribution in [-0.2, 0) is 0 Å². The third-order valence-electron chi connectivity index (χ3n) is 4.64. The van der Waals surface area contributed by atoms with Crippen molar-refractivity contribution < 1.29 is 4.79 Å². The van der Waals surface area contributed by atoms with Crippen LogP contribution in [0.15, 0.2) is 18.3 Å². The molecule has 0 aromatic carbocycles. The second-order valence-corrected chi connectivity index (χ2v) is 6.19. The molecule has 1 unspecified atom stereocenters. The molecule has 2 saturated heterocycles. The summed E-state index contributed by atoms with van der Waals surface area (Å²) in [5, 5.41) is 0. The molecule has 3 rings (SSSR count). The fraction of sp³-hybridized carbons (Fsp3) is 0.625. The molecule has 1 amide bonds. The molecule has 2 fully saturated rings. The number of likely N-dealkylation sites (N-methyl/N-ethyl adjacent to an activating group) is 1. The SMILES string of the molecule is CC1CCCN1C(=O)c1ccc(N2CCN(C)CC2)nc1. The van der Waals surface area contributed by atoms with E-state index in [4.69, 9.17) is 0 Å². The Bertz CT molecular complexity index is 494. The zero-order valence-corrected chi connectivity index (χ0v) is 13.0. The number of rotatable bonds is 2. The van der Waals surface area contributed by atoms with Crippen molar-refractivity contribution in [2.45, 2.75) is 25.8 Å². The number of carbonyl (C=O) groups is 1. The molecule has 5 heteroatoms. The molecule has 1 atom stereocenters. The third-order valence-corrected chi connectivity index (χ3v) is 4.64. The second-order valence-electron chi connectivity index (χ2n) is 6.19. The Morgan fingerprint density at radius 3 is 2.52 bits per heavy atom. The van der Waals surface area contributed by atoms with Gasteiger partial charge in [0.1, 0.15) is 5.82 Å². The quantitative estimate of drug-likeness (QED) is 0.826. The molecule has 1 aromatic heterocycles. The van der Waals surface area contributed by atoms with Gasteiger partial charge in [-0.3, -0.25) is 4.79 Å². The molecule has 0 radical (unpaired) electrons. The molecule has 0 spiro atoms. The maximum Gasteiger partial charge on any atom is 0.255 e. The molecule has 0 aliphatic carbocycles. The first-order chi connectivity index (χ1) is 10.1. The van der Waals surface area contributed by atoms with Gasteiger partial charge >= 0.3 is 0 Å². The van der Waals surface area contributed by atoms with Gasteiger partial charge in [0.25, 0.3) is 5.91 Å². The van der Waals surface area contributed by atoms with Crippen molar-refractivity contribution in [1.29, 1.82) is 0 Å². The topological polar surface area (TPSA) is 39.7 Å². The number of hydrogen-bond acceptors (Lipinski definition) is 4. The lowest BCUT2D eigenvalue weighted by Crippen LogP contribution is -2.44. The first kappa shape index (κ1) is 14.3. The highest BCUT2D eigenvalue weighted by molar-refractivity contribution is 5.94. The van der Waals surface area contributed by atoms with E-state index in [0.717, 1.165) is 51.4 Å². The van der Waals surface area contributed by atoms with E-state index in [0.29, 0.717) is 11.6 Å². The molecule has 0 saturated carbocycles. The average molecular weight is 288 g/mol. The summed E-state index contributed by atoms with van der Waals surface area (Å²) in [5.74, 6) is 1.10. The fourth-order valence-electron chi connectivity index (χ4n) is 3.14. The van der Waals surface area contributed by atoms with E-state index in [-0.39, 0.29) is 5.91 Å². The molecule has 3 heterocycles. The fourth-order valence-corrected chi connectivity index (χ4v) is 3.14. The summed E-state index contributed by atoms with van der Waals surface area (Å²) in [6.45, 7) is 7.12. The lowest BCUT2D eigenvalue weighted by Gasteiger charge is -2.33. The number of carbonyl (C=O) groups excluding carboxylic acids is 1. The van der Waals surface area contributed by atoms with Crippen molar-refractivity contribution >= 4 is 11.7 Å². The number of anilines is 1. The van der Waals surface area contributed by atoms with E-state index >= 15 is 0 Å². The van der Waals surface area contributed by atoms with E-state index in [2.05, 4.69) is 28.8 Å². The number of piperazine rings is 1. The van der Waals surface area contributed by atoms with Gasteiger partial charge in [-0.05, 0) is 38.9 Å². The van der Waals surface area contributed by atoms with Gasteiger partial charge in [0.05, 0.1) is 5.56 Å². The monoisotopic (exact) mass is 288 g/mol. The predicted molar refractivity (Wildman–Crippen MR) is 83.7 cm³/mol. The average Bonchev–Trinajstić information content (AvgIpc) is 2.94. The minimum atomic E-state index is 0.123. The zero-order valence-electron chi connectivity index (χ0n) is 13.0. The molecular weight excluding hydrogens is 264 g/mol. The summed E-state index contributed by atoms with van der Waals surface area (Å²) in [5.41, 5.74) is 0.710. The molecule has 21 heavy (non-hydrogen) atoms. The zero-order chi connectivity index (χ0) is 14.8. The van der Waals surface area contributed by atoms with Gasteiger partial charge < -0.3 is 14.7 Å². The summed E-state index contributed by atoms with van der Waals surface area (Å²) in [7, 11) is 2.14. The largest absolute Gasteiger partial charge is 0.354 e. The lowest BCUT2D eigenvalue weighted by atomic mass is 10.2. The molecule has 0 N–H and O–H groups in total. The van der Waals surface area contributed by atoms with Crippen LogP contribution >= 0.6 is 0 Å². The van der Waals surface area contributed by atoms with Gasteiger partial charge in [0.2, 0.25) is 0 Å². The van der Waals surface area contributed by atoms with Gasteiger partial charge in [-0.15, -0.1) is 0 Å². The van der Waals surface area contributed by atoms with Crippen molar-refractivity contribution in [3.05, 3.63) is 23.9 Å². The van der Waals surface area contributed by atoms with Crippen LogP contribution in [0, 0.1) is 0 Å². The molecular formula is C16H24N4O. The maximum atomic E-state index is 12.5. The van der Waals surface area contributed by atoms with E-state index < -0.39 is 0 Å².